The number of nitrogens with zero attached hydrogens (tertiary/aromatic N) is 1. The summed E-state index contributed by atoms with van der Waals surface area (Å²) >= 11 is 0. The Balaban J connectivity index is 1.25. The maximum atomic E-state index is 5.46. The zero-order chi connectivity index (χ0) is 26.4. The molecule has 0 aromatic heterocycles. The number of fused-ring (bicyclic) bond motifs is 3. The van der Waals surface area contributed by atoms with E-state index in [2.05, 4.69) is 140 Å². The SMILES string of the molecule is CC1(C)c2ccccc2-c2ccc(N(c3ccccc3)c3ccc(-c4ccc(C5OC=CO5)cc4)cc3)cc21. The Labute approximate surface area is 229 Å². The zero-order valence-corrected chi connectivity index (χ0v) is 22.0. The molecule has 5 aromatic carbocycles. The Morgan fingerprint density at radius 2 is 1.10 bits per heavy atom. The van der Waals surface area contributed by atoms with Crippen molar-refractivity contribution in [3.63, 3.8) is 0 Å². The Bertz CT molecular complexity index is 1660. The number of ether oxygens (including phenoxy) is 2. The summed E-state index contributed by atoms with van der Waals surface area (Å²) < 4.78 is 10.9. The molecule has 1 aliphatic carbocycles. The standard InChI is InChI=1S/C36H29NO2/c1-36(2)33-11-7-6-10-31(33)32-21-20-30(24-34(32)36)37(28-8-4-3-5-9-28)29-18-16-26(17-19-29)25-12-14-27(15-13-25)35-38-22-23-39-35/h3-24,35H,1-2H3. The minimum atomic E-state index is -0.356. The lowest BCUT2D eigenvalue weighted by molar-refractivity contribution is -0.0245. The van der Waals surface area contributed by atoms with Crippen LogP contribution in [0.5, 0.6) is 0 Å². The van der Waals surface area contributed by atoms with Crippen LogP contribution in [0.15, 0.2) is 134 Å². The van der Waals surface area contributed by atoms with Crippen molar-refractivity contribution in [1.29, 1.82) is 0 Å². The lowest BCUT2D eigenvalue weighted by atomic mass is 9.82. The number of benzene rings is 5. The first kappa shape index (κ1) is 23.4. The van der Waals surface area contributed by atoms with Gasteiger partial charge in [0.05, 0.1) is 0 Å². The quantitative estimate of drug-likeness (QED) is 0.236. The molecule has 1 heterocycles. The lowest BCUT2D eigenvalue weighted by Crippen LogP contribution is -2.16. The van der Waals surface area contributed by atoms with Crippen LogP contribution >= 0.6 is 0 Å². The van der Waals surface area contributed by atoms with Crippen molar-refractivity contribution < 1.29 is 9.47 Å². The predicted octanol–water partition coefficient (Wildman–Crippen LogP) is 9.65. The van der Waals surface area contributed by atoms with E-state index in [0.717, 1.165) is 33.8 Å². The highest BCUT2D eigenvalue weighted by Crippen LogP contribution is 2.50. The van der Waals surface area contributed by atoms with E-state index in [1.165, 1.54) is 22.3 Å². The summed E-state index contributed by atoms with van der Waals surface area (Å²) in [7, 11) is 0. The first-order chi connectivity index (χ1) is 19.1. The maximum Gasteiger partial charge on any atom is 0.266 e. The fraction of sp³-hybridized carbons (Fsp3) is 0.111. The minimum Gasteiger partial charge on any atom is -0.455 e. The summed E-state index contributed by atoms with van der Waals surface area (Å²) in [5.41, 5.74) is 12.1. The molecule has 2 aliphatic rings. The Morgan fingerprint density at radius 1 is 0.538 bits per heavy atom. The van der Waals surface area contributed by atoms with Gasteiger partial charge in [-0.25, -0.2) is 0 Å². The fourth-order valence-electron chi connectivity index (χ4n) is 5.89. The molecule has 5 aromatic rings. The van der Waals surface area contributed by atoms with Gasteiger partial charge in [0.2, 0.25) is 0 Å². The molecule has 0 spiro atoms. The van der Waals surface area contributed by atoms with Crippen LogP contribution in [0.3, 0.4) is 0 Å². The largest absolute Gasteiger partial charge is 0.455 e. The predicted molar refractivity (Wildman–Crippen MR) is 158 cm³/mol. The highest BCUT2D eigenvalue weighted by Gasteiger charge is 2.35. The molecule has 0 saturated heterocycles. The molecule has 190 valence electrons. The smallest absolute Gasteiger partial charge is 0.266 e. The van der Waals surface area contributed by atoms with Gasteiger partial charge in [0.1, 0.15) is 12.5 Å². The van der Waals surface area contributed by atoms with Crippen molar-refractivity contribution in [1.82, 2.24) is 0 Å². The Morgan fingerprint density at radius 3 is 1.82 bits per heavy atom. The van der Waals surface area contributed by atoms with Gasteiger partial charge in [-0.3, -0.25) is 0 Å². The van der Waals surface area contributed by atoms with Crippen molar-refractivity contribution in [2.75, 3.05) is 4.90 Å². The number of hydrogen-bond donors (Lipinski definition) is 0. The molecule has 0 amide bonds. The molecule has 3 nitrogen and oxygen atoms in total. The average Bonchev–Trinajstić information content (AvgIpc) is 3.60. The van der Waals surface area contributed by atoms with Crippen molar-refractivity contribution in [2.45, 2.75) is 25.6 Å². The number of para-hydroxylation sites is 1. The van der Waals surface area contributed by atoms with Crippen molar-refractivity contribution in [3.05, 3.63) is 151 Å². The summed E-state index contributed by atoms with van der Waals surface area (Å²) in [4.78, 5) is 2.34. The van der Waals surface area contributed by atoms with Crippen LogP contribution in [0, 0.1) is 0 Å². The maximum absolute atomic E-state index is 5.46. The molecule has 0 saturated carbocycles. The molecule has 0 N–H and O–H groups in total. The third kappa shape index (κ3) is 3.98. The third-order valence-electron chi connectivity index (χ3n) is 7.94. The molecule has 0 bridgehead atoms. The van der Waals surface area contributed by atoms with Gasteiger partial charge in [-0.15, -0.1) is 0 Å². The molecule has 0 fully saturated rings. The normalized spacial score (nSPS) is 14.8. The minimum absolute atomic E-state index is 0.0506. The van der Waals surface area contributed by atoms with Crippen LogP contribution in [0.4, 0.5) is 17.1 Å². The summed E-state index contributed by atoms with van der Waals surface area (Å²) in [6.07, 6.45) is 2.80. The van der Waals surface area contributed by atoms with Crippen LogP contribution in [0.1, 0.15) is 36.8 Å². The number of anilines is 3. The van der Waals surface area contributed by atoms with Gasteiger partial charge in [0.15, 0.2) is 0 Å². The van der Waals surface area contributed by atoms with Crippen LogP contribution in [0.2, 0.25) is 0 Å². The monoisotopic (exact) mass is 507 g/mol. The fourth-order valence-corrected chi connectivity index (χ4v) is 5.89. The average molecular weight is 508 g/mol. The zero-order valence-electron chi connectivity index (χ0n) is 22.0. The van der Waals surface area contributed by atoms with Crippen molar-refractivity contribution in [3.8, 4) is 22.3 Å². The first-order valence-corrected chi connectivity index (χ1v) is 13.4. The van der Waals surface area contributed by atoms with E-state index in [9.17, 15) is 0 Å². The van der Waals surface area contributed by atoms with E-state index in [1.807, 2.05) is 0 Å². The summed E-state index contributed by atoms with van der Waals surface area (Å²) in [6.45, 7) is 4.66. The molecular formula is C36H29NO2. The number of hydrogen-bond acceptors (Lipinski definition) is 3. The van der Waals surface area contributed by atoms with E-state index in [-0.39, 0.29) is 11.7 Å². The summed E-state index contributed by atoms with van der Waals surface area (Å²) in [5.74, 6) is 0. The van der Waals surface area contributed by atoms with Gasteiger partial charge < -0.3 is 14.4 Å². The Hall–Kier alpha value is -4.76. The topological polar surface area (TPSA) is 21.7 Å². The molecule has 0 atom stereocenters. The van der Waals surface area contributed by atoms with E-state index in [0.29, 0.717) is 0 Å². The highest BCUT2D eigenvalue weighted by atomic mass is 16.7. The molecule has 0 radical (unpaired) electrons. The summed E-state index contributed by atoms with van der Waals surface area (Å²) in [5, 5.41) is 0. The van der Waals surface area contributed by atoms with Crippen LogP contribution < -0.4 is 4.90 Å². The van der Waals surface area contributed by atoms with Gasteiger partial charge in [-0.2, -0.15) is 0 Å². The van der Waals surface area contributed by atoms with E-state index in [1.54, 1.807) is 12.5 Å². The van der Waals surface area contributed by atoms with Gasteiger partial charge in [0, 0.05) is 28.0 Å². The highest BCUT2D eigenvalue weighted by molar-refractivity contribution is 5.85. The second-order valence-electron chi connectivity index (χ2n) is 10.6. The molecule has 7 rings (SSSR count). The molecule has 1 aliphatic heterocycles. The van der Waals surface area contributed by atoms with Gasteiger partial charge in [0.25, 0.3) is 6.29 Å². The Kier molecular flexibility index (Phi) is 5.52. The molecule has 0 unspecified atom stereocenters. The molecule has 39 heavy (non-hydrogen) atoms. The van der Waals surface area contributed by atoms with Gasteiger partial charge >= 0.3 is 0 Å². The van der Waals surface area contributed by atoms with Crippen molar-refractivity contribution in [2.24, 2.45) is 0 Å². The third-order valence-corrected chi connectivity index (χ3v) is 7.94. The first-order valence-electron chi connectivity index (χ1n) is 13.4. The lowest BCUT2D eigenvalue weighted by Gasteiger charge is -2.28. The van der Waals surface area contributed by atoms with E-state index >= 15 is 0 Å². The van der Waals surface area contributed by atoms with Gasteiger partial charge in [-0.05, 0) is 69.8 Å². The van der Waals surface area contributed by atoms with Gasteiger partial charge in [-0.1, -0.05) is 98.8 Å². The van der Waals surface area contributed by atoms with E-state index < -0.39 is 0 Å². The number of rotatable bonds is 5. The van der Waals surface area contributed by atoms with Crippen molar-refractivity contribution >= 4 is 17.1 Å². The van der Waals surface area contributed by atoms with E-state index in [4.69, 9.17) is 9.47 Å². The summed E-state index contributed by atoms with van der Waals surface area (Å²) in [6, 6.07) is 43.4. The van der Waals surface area contributed by atoms with Crippen LogP contribution in [-0.4, -0.2) is 0 Å². The molecular weight excluding hydrogens is 478 g/mol. The molecule has 3 heteroatoms. The second-order valence-corrected chi connectivity index (χ2v) is 10.6. The van der Waals surface area contributed by atoms with Crippen LogP contribution in [0.25, 0.3) is 22.3 Å². The second kappa shape index (κ2) is 9.21. The van der Waals surface area contributed by atoms with Crippen LogP contribution in [-0.2, 0) is 14.9 Å².